The lowest BCUT2D eigenvalue weighted by Gasteiger charge is -2.27. The van der Waals surface area contributed by atoms with Gasteiger partial charge in [0.05, 0.1) is 5.69 Å². The van der Waals surface area contributed by atoms with Crippen LogP contribution < -0.4 is 0 Å². The zero-order chi connectivity index (χ0) is 19.1. The summed E-state index contributed by atoms with van der Waals surface area (Å²) in [6, 6.07) is 16.3. The van der Waals surface area contributed by atoms with Gasteiger partial charge in [-0.3, -0.25) is 4.90 Å². The van der Waals surface area contributed by atoms with Gasteiger partial charge in [-0.2, -0.15) is 0 Å². The second kappa shape index (κ2) is 7.56. The molecule has 0 radical (unpaired) electrons. The minimum absolute atomic E-state index is 0.724. The molecule has 1 aliphatic heterocycles. The molecule has 6 heteroatoms. The van der Waals surface area contributed by atoms with Crippen LogP contribution in [0.2, 0.25) is 5.02 Å². The number of nitrogens with zero attached hydrogens (tertiary/aromatic N) is 3. The molecule has 0 spiro atoms. The summed E-state index contributed by atoms with van der Waals surface area (Å²) in [6.45, 7) is 2.80. The highest BCUT2D eigenvalue weighted by Crippen LogP contribution is 2.36. The lowest BCUT2D eigenvalue weighted by molar-refractivity contribution is 0.243. The Hall–Kier alpha value is -1.79. The molecule has 0 atom stereocenters. The SMILES string of the molecule is Clc1ccc(-c2ncc3c(n2)CN(Cc2sc4ccccc4c2Br)CC3)cc1. The van der Waals surface area contributed by atoms with Crippen LogP contribution in [0.1, 0.15) is 16.1 Å². The van der Waals surface area contributed by atoms with Crippen molar-refractivity contribution in [3.63, 3.8) is 0 Å². The fourth-order valence-electron chi connectivity index (χ4n) is 3.60. The summed E-state index contributed by atoms with van der Waals surface area (Å²) in [7, 11) is 0. The lowest BCUT2D eigenvalue weighted by Crippen LogP contribution is -2.30. The molecule has 2 aromatic heterocycles. The first-order valence-corrected chi connectivity index (χ1v) is 11.1. The summed E-state index contributed by atoms with van der Waals surface area (Å²) < 4.78 is 2.55. The van der Waals surface area contributed by atoms with Crippen molar-refractivity contribution in [2.45, 2.75) is 19.5 Å². The van der Waals surface area contributed by atoms with E-state index >= 15 is 0 Å². The summed E-state index contributed by atoms with van der Waals surface area (Å²) in [5, 5.41) is 2.02. The Labute approximate surface area is 181 Å². The topological polar surface area (TPSA) is 29.0 Å². The fraction of sp³-hybridized carbons (Fsp3) is 0.182. The summed E-state index contributed by atoms with van der Waals surface area (Å²) in [6.07, 6.45) is 2.97. The van der Waals surface area contributed by atoms with Crippen molar-refractivity contribution >= 4 is 49.0 Å². The van der Waals surface area contributed by atoms with Crippen LogP contribution in [0, 0.1) is 0 Å². The van der Waals surface area contributed by atoms with Crippen molar-refractivity contribution in [1.82, 2.24) is 14.9 Å². The minimum atomic E-state index is 0.724. The van der Waals surface area contributed by atoms with Gasteiger partial charge in [0.1, 0.15) is 0 Å². The van der Waals surface area contributed by atoms with Crippen LogP contribution in [0.5, 0.6) is 0 Å². The van der Waals surface area contributed by atoms with E-state index in [0.717, 1.165) is 48.2 Å². The van der Waals surface area contributed by atoms with E-state index in [4.69, 9.17) is 16.6 Å². The predicted octanol–water partition coefficient (Wildman–Crippen LogP) is 6.33. The second-order valence-corrected chi connectivity index (χ2v) is 9.33. The molecule has 28 heavy (non-hydrogen) atoms. The molecule has 1 aliphatic rings. The third-order valence-electron chi connectivity index (χ3n) is 5.10. The molecule has 0 N–H and O–H groups in total. The van der Waals surface area contributed by atoms with Gasteiger partial charge in [0.2, 0.25) is 0 Å². The lowest BCUT2D eigenvalue weighted by atomic mass is 10.1. The number of thiophene rings is 1. The number of aromatic nitrogens is 2. The Kier molecular flexibility index (Phi) is 4.93. The van der Waals surface area contributed by atoms with Crippen LogP contribution >= 0.6 is 38.9 Å². The largest absolute Gasteiger partial charge is 0.292 e. The third-order valence-corrected chi connectivity index (χ3v) is 7.67. The monoisotopic (exact) mass is 469 g/mol. The zero-order valence-corrected chi connectivity index (χ0v) is 18.2. The Balaban J connectivity index is 1.40. The molecule has 2 aromatic carbocycles. The quantitative estimate of drug-likeness (QED) is 0.350. The van der Waals surface area contributed by atoms with E-state index in [9.17, 15) is 0 Å². The van der Waals surface area contributed by atoms with Gasteiger partial charge in [0, 0.05) is 55.9 Å². The summed E-state index contributed by atoms with van der Waals surface area (Å²) in [5.41, 5.74) is 3.38. The van der Waals surface area contributed by atoms with Gasteiger partial charge in [-0.15, -0.1) is 11.3 Å². The molecule has 0 saturated carbocycles. The third kappa shape index (κ3) is 3.48. The molecule has 0 aliphatic carbocycles. The van der Waals surface area contributed by atoms with Gasteiger partial charge in [0.25, 0.3) is 0 Å². The minimum Gasteiger partial charge on any atom is -0.292 e. The normalized spacial score (nSPS) is 14.4. The van der Waals surface area contributed by atoms with Crippen LogP contribution in [0.4, 0.5) is 0 Å². The highest BCUT2D eigenvalue weighted by atomic mass is 79.9. The Morgan fingerprint density at radius 2 is 1.93 bits per heavy atom. The Morgan fingerprint density at radius 1 is 1.11 bits per heavy atom. The Bertz CT molecular complexity index is 1160. The summed E-state index contributed by atoms with van der Waals surface area (Å²) in [5.74, 6) is 0.764. The van der Waals surface area contributed by atoms with Crippen molar-refractivity contribution in [3.8, 4) is 11.4 Å². The van der Waals surface area contributed by atoms with Gasteiger partial charge in [-0.25, -0.2) is 9.97 Å². The van der Waals surface area contributed by atoms with Gasteiger partial charge in [0.15, 0.2) is 5.82 Å². The van der Waals surface area contributed by atoms with E-state index in [1.165, 1.54) is 25.0 Å². The number of hydrogen-bond acceptors (Lipinski definition) is 4. The standard InChI is InChI=1S/C22H17BrClN3S/c23-21-17-3-1-2-4-19(17)28-20(21)13-27-10-9-15-11-25-22(26-18(15)12-27)14-5-7-16(24)8-6-14/h1-8,11H,9-10,12-13H2. The van der Waals surface area contributed by atoms with Crippen molar-refractivity contribution in [3.05, 3.63) is 80.4 Å². The highest BCUT2D eigenvalue weighted by molar-refractivity contribution is 9.10. The first kappa shape index (κ1) is 18.3. The maximum absolute atomic E-state index is 6.00. The number of benzene rings is 2. The maximum atomic E-state index is 6.00. The molecular formula is C22H17BrClN3S. The average Bonchev–Trinajstić information content (AvgIpc) is 3.04. The molecule has 140 valence electrons. The molecule has 5 rings (SSSR count). The first-order valence-electron chi connectivity index (χ1n) is 9.16. The van der Waals surface area contributed by atoms with Crippen molar-refractivity contribution in [2.75, 3.05) is 6.54 Å². The molecule has 0 amide bonds. The van der Waals surface area contributed by atoms with E-state index < -0.39 is 0 Å². The van der Waals surface area contributed by atoms with Gasteiger partial charge in [-0.05, 0) is 58.2 Å². The molecule has 0 bridgehead atoms. The number of rotatable bonds is 3. The molecule has 0 unspecified atom stereocenters. The van der Waals surface area contributed by atoms with E-state index in [0.29, 0.717) is 0 Å². The van der Waals surface area contributed by atoms with Gasteiger partial charge < -0.3 is 0 Å². The van der Waals surface area contributed by atoms with Crippen LogP contribution in [0.3, 0.4) is 0 Å². The number of hydrogen-bond donors (Lipinski definition) is 0. The van der Waals surface area contributed by atoms with Crippen molar-refractivity contribution < 1.29 is 0 Å². The average molecular weight is 471 g/mol. The Morgan fingerprint density at radius 3 is 2.75 bits per heavy atom. The predicted molar refractivity (Wildman–Crippen MR) is 120 cm³/mol. The van der Waals surface area contributed by atoms with Gasteiger partial charge >= 0.3 is 0 Å². The molecule has 0 fully saturated rings. The molecule has 3 nitrogen and oxygen atoms in total. The maximum Gasteiger partial charge on any atom is 0.159 e. The highest BCUT2D eigenvalue weighted by Gasteiger charge is 2.21. The van der Waals surface area contributed by atoms with E-state index in [1.54, 1.807) is 0 Å². The van der Waals surface area contributed by atoms with E-state index in [-0.39, 0.29) is 0 Å². The van der Waals surface area contributed by atoms with Crippen LogP contribution in [0.25, 0.3) is 21.5 Å². The smallest absolute Gasteiger partial charge is 0.159 e. The first-order chi connectivity index (χ1) is 13.7. The molecule has 3 heterocycles. The molecule has 4 aromatic rings. The summed E-state index contributed by atoms with van der Waals surface area (Å²) in [4.78, 5) is 13.3. The van der Waals surface area contributed by atoms with Crippen LogP contribution in [-0.2, 0) is 19.5 Å². The van der Waals surface area contributed by atoms with Crippen molar-refractivity contribution in [1.29, 1.82) is 0 Å². The molecule has 0 saturated heterocycles. The van der Waals surface area contributed by atoms with Gasteiger partial charge in [-0.1, -0.05) is 29.8 Å². The second-order valence-electron chi connectivity index (χ2n) is 6.97. The van der Waals surface area contributed by atoms with E-state index in [1.807, 2.05) is 41.8 Å². The number of halogens is 2. The fourth-order valence-corrected chi connectivity index (χ4v) is 5.71. The summed E-state index contributed by atoms with van der Waals surface area (Å²) >= 11 is 11.7. The number of fused-ring (bicyclic) bond motifs is 2. The zero-order valence-electron chi connectivity index (χ0n) is 15.0. The van der Waals surface area contributed by atoms with E-state index in [2.05, 4.69) is 50.1 Å². The van der Waals surface area contributed by atoms with Crippen molar-refractivity contribution in [2.24, 2.45) is 0 Å². The van der Waals surface area contributed by atoms with Crippen LogP contribution in [0.15, 0.2) is 59.2 Å². The van der Waals surface area contributed by atoms with Crippen LogP contribution in [-0.4, -0.2) is 21.4 Å². The molecular weight excluding hydrogens is 454 g/mol.